The van der Waals surface area contributed by atoms with Gasteiger partial charge in [-0.25, -0.2) is 14.8 Å². The van der Waals surface area contributed by atoms with Crippen LogP contribution in [0.15, 0.2) is 60.8 Å². The van der Waals surface area contributed by atoms with E-state index < -0.39 is 5.97 Å². The Labute approximate surface area is 212 Å². The van der Waals surface area contributed by atoms with Crippen molar-refractivity contribution >= 4 is 39.7 Å². The smallest absolute Gasteiger partial charge is 0.338 e. The van der Waals surface area contributed by atoms with Crippen molar-refractivity contribution in [1.29, 1.82) is 0 Å². The van der Waals surface area contributed by atoms with Gasteiger partial charge in [0, 0.05) is 36.8 Å². The number of esters is 1. The molecule has 0 fully saturated rings. The minimum absolute atomic E-state index is 0.122. The van der Waals surface area contributed by atoms with Crippen LogP contribution in [0.3, 0.4) is 0 Å². The van der Waals surface area contributed by atoms with Crippen molar-refractivity contribution < 1.29 is 19.1 Å². The third-order valence-electron chi connectivity index (χ3n) is 6.33. The van der Waals surface area contributed by atoms with Gasteiger partial charge in [-0.3, -0.25) is 9.59 Å². The number of benzene rings is 2. The molecule has 3 heterocycles. The quantitative estimate of drug-likeness (QED) is 0.282. The molecule has 1 amide bonds. The zero-order valence-corrected chi connectivity index (χ0v) is 20.9. The third kappa shape index (κ3) is 4.14. The van der Waals surface area contributed by atoms with Crippen LogP contribution in [-0.2, 0) is 11.3 Å². The van der Waals surface area contributed by atoms with Gasteiger partial charge in [0.05, 0.1) is 24.8 Å². The summed E-state index contributed by atoms with van der Waals surface area (Å²) in [5, 5.41) is 0.361. The number of hydrogen-bond donors (Lipinski definition) is 1. The van der Waals surface area contributed by atoms with E-state index in [1.54, 1.807) is 50.6 Å². The molecule has 0 aliphatic rings. The number of aromatic nitrogens is 4. The van der Waals surface area contributed by atoms with Crippen LogP contribution < -0.4 is 0 Å². The van der Waals surface area contributed by atoms with Gasteiger partial charge in [0.2, 0.25) is 0 Å². The number of nitrogens with zero attached hydrogens (tertiary/aromatic N) is 4. The van der Waals surface area contributed by atoms with Gasteiger partial charge >= 0.3 is 5.97 Å². The van der Waals surface area contributed by atoms with Crippen molar-refractivity contribution in [3.63, 3.8) is 0 Å². The van der Waals surface area contributed by atoms with Gasteiger partial charge in [-0.2, -0.15) is 0 Å². The summed E-state index contributed by atoms with van der Waals surface area (Å²) < 4.78 is 6.95. The summed E-state index contributed by atoms with van der Waals surface area (Å²) in [4.78, 5) is 52.8. The number of imidazole rings is 1. The van der Waals surface area contributed by atoms with Crippen LogP contribution in [0.4, 0.5) is 0 Å². The average Bonchev–Trinajstić information content (AvgIpc) is 3.45. The monoisotopic (exact) mass is 495 g/mol. The molecule has 9 heteroatoms. The Kier molecular flexibility index (Phi) is 6.04. The van der Waals surface area contributed by atoms with Crippen LogP contribution in [0, 0.1) is 6.92 Å². The van der Waals surface area contributed by atoms with E-state index in [0.29, 0.717) is 23.0 Å². The number of hydrogen-bond acceptors (Lipinski definition) is 6. The zero-order valence-electron chi connectivity index (χ0n) is 20.9. The van der Waals surface area contributed by atoms with Crippen LogP contribution >= 0.6 is 0 Å². The first-order valence-electron chi connectivity index (χ1n) is 11.7. The van der Waals surface area contributed by atoms with Crippen molar-refractivity contribution in [1.82, 2.24) is 24.4 Å². The van der Waals surface area contributed by atoms with Crippen LogP contribution in [0.25, 0.3) is 22.1 Å². The minimum atomic E-state index is -0.589. The van der Waals surface area contributed by atoms with Gasteiger partial charge in [0.25, 0.3) is 5.91 Å². The molecule has 186 valence electrons. The first kappa shape index (κ1) is 23.9. The van der Waals surface area contributed by atoms with E-state index in [0.717, 1.165) is 22.6 Å². The largest absolute Gasteiger partial charge is 0.465 e. The van der Waals surface area contributed by atoms with Crippen molar-refractivity contribution in [3.05, 3.63) is 94.6 Å². The highest BCUT2D eigenvalue weighted by molar-refractivity contribution is 6.24. The molecular weight excluding hydrogens is 470 g/mol. The van der Waals surface area contributed by atoms with Crippen LogP contribution in [0.1, 0.15) is 48.2 Å². The number of aromatic amines is 1. The van der Waals surface area contributed by atoms with Crippen molar-refractivity contribution in [2.24, 2.45) is 0 Å². The summed E-state index contributed by atoms with van der Waals surface area (Å²) in [7, 11) is 4.49. The lowest BCUT2D eigenvalue weighted by Crippen LogP contribution is -2.24. The summed E-state index contributed by atoms with van der Waals surface area (Å²) >= 11 is 0. The molecule has 0 radical (unpaired) electrons. The molecule has 0 saturated carbocycles. The first-order chi connectivity index (χ1) is 17.8. The molecule has 0 aliphatic heterocycles. The number of rotatable bonds is 6. The molecule has 0 spiro atoms. The molecule has 3 aromatic heterocycles. The fourth-order valence-electron chi connectivity index (χ4n) is 4.49. The number of carbonyl (C=O) groups excluding carboxylic acids is 3. The number of nitrogens with one attached hydrogen (secondary N) is 1. The fraction of sp³-hybridized carbons (Fsp3) is 0.179. The molecular formula is C28H25N5O4. The molecule has 9 nitrogen and oxygen atoms in total. The Bertz CT molecular complexity index is 1680. The van der Waals surface area contributed by atoms with Crippen LogP contribution in [-0.4, -0.2) is 63.3 Å². The maximum absolute atomic E-state index is 13.8. The van der Waals surface area contributed by atoms with Gasteiger partial charge < -0.3 is 19.2 Å². The van der Waals surface area contributed by atoms with E-state index in [1.807, 2.05) is 35.8 Å². The molecule has 0 unspecified atom stereocenters. The summed E-state index contributed by atoms with van der Waals surface area (Å²) in [5.74, 6) is -0.489. The summed E-state index contributed by atoms with van der Waals surface area (Å²) in [6.07, 6.45) is 1.73. The van der Waals surface area contributed by atoms with E-state index in [9.17, 15) is 14.4 Å². The number of ketones is 1. The summed E-state index contributed by atoms with van der Waals surface area (Å²) in [6.45, 7) is 2.47. The molecule has 1 N–H and O–H groups in total. The topological polar surface area (TPSA) is 110 Å². The molecule has 5 rings (SSSR count). The molecule has 0 aliphatic carbocycles. The minimum Gasteiger partial charge on any atom is -0.465 e. The number of fused-ring (bicyclic) bond motifs is 2. The van der Waals surface area contributed by atoms with E-state index in [4.69, 9.17) is 4.74 Å². The molecule has 0 bridgehead atoms. The molecule has 0 atom stereocenters. The van der Waals surface area contributed by atoms with E-state index in [-0.39, 0.29) is 28.5 Å². The third-order valence-corrected chi connectivity index (χ3v) is 6.33. The van der Waals surface area contributed by atoms with Crippen molar-refractivity contribution in [3.8, 4) is 0 Å². The average molecular weight is 496 g/mol. The Morgan fingerprint density at radius 1 is 1.03 bits per heavy atom. The second kappa shape index (κ2) is 9.34. The Hall–Kier alpha value is -4.79. The predicted molar refractivity (Wildman–Crippen MR) is 139 cm³/mol. The molecule has 37 heavy (non-hydrogen) atoms. The fourth-order valence-corrected chi connectivity index (χ4v) is 4.49. The number of aryl methyl sites for hydroxylation is 1. The van der Waals surface area contributed by atoms with Gasteiger partial charge in [-0.15, -0.1) is 0 Å². The van der Waals surface area contributed by atoms with Crippen LogP contribution in [0.5, 0.6) is 0 Å². The molecule has 5 aromatic rings. The number of methoxy groups -OCH3 is 1. The maximum atomic E-state index is 13.8. The molecule has 0 saturated heterocycles. The Balaban J connectivity index is 1.56. The van der Waals surface area contributed by atoms with E-state index in [1.165, 1.54) is 12.0 Å². The van der Waals surface area contributed by atoms with Crippen LogP contribution in [0.2, 0.25) is 0 Å². The lowest BCUT2D eigenvalue weighted by Gasteiger charge is -2.12. The lowest BCUT2D eigenvalue weighted by atomic mass is 9.96. The van der Waals surface area contributed by atoms with Gasteiger partial charge in [0.15, 0.2) is 11.4 Å². The summed E-state index contributed by atoms with van der Waals surface area (Å²) in [5.41, 5.74) is 3.95. The number of H-pyrrole nitrogens is 1. The second-order valence-corrected chi connectivity index (χ2v) is 8.91. The zero-order chi connectivity index (χ0) is 26.3. The highest BCUT2D eigenvalue weighted by Crippen LogP contribution is 2.30. The van der Waals surface area contributed by atoms with Gasteiger partial charge in [0.1, 0.15) is 17.0 Å². The number of pyridine rings is 1. The molecule has 2 aromatic carbocycles. The normalized spacial score (nSPS) is 11.1. The SMILES string of the molecule is COC(=O)c1cccc2[nH]c(C(=O)N(C)C)c(C(=O)c3ccc(Cn4c(C)nc5cccnc54)cc3)c12. The first-order valence-corrected chi connectivity index (χ1v) is 11.7. The standard InChI is InChI=1S/C28H25N5O4/c1-16-30-21-9-6-14-29-26(21)33(16)15-17-10-12-18(13-11-17)25(34)23-22-19(28(36)37-4)7-5-8-20(22)31-24(23)27(35)32(2)3/h5-14,31H,15H2,1-4H3. The lowest BCUT2D eigenvalue weighted by molar-refractivity contribution is 0.0602. The van der Waals surface area contributed by atoms with E-state index >= 15 is 0 Å². The Morgan fingerprint density at radius 2 is 1.78 bits per heavy atom. The maximum Gasteiger partial charge on any atom is 0.338 e. The van der Waals surface area contributed by atoms with Crippen molar-refractivity contribution in [2.45, 2.75) is 13.5 Å². The van der Waals surface area contributed by atoms with Crippen molar-refractivity contribution in [2.75, 3.05) is 21.2 Å². The van der Waals surface area contributed by atoms with E-state index in [2.05, 4.69) is 15.0 Å². The Morgan fingerprint density at radius 3 is 2.49 bits per heavy atom. The van der Waals surface area contributed by atoms with Gasteiger partial charge in [-0.1, -0.05) is 30.3 Å². The number of carbonyl (C=O) groups is 3. The number of ether oxygens (including phenoxy) is 1. The predicted octanol–water partition coefficient (Wildman–Crippen LogP) is 3.99. The second-order valence-electron chi connectivity index (χ2n) is 8.91. The number of amides is 1. The highest BCUT2D eigenvalue weighted by atomic mass is 16.5. The summed E-state index contributed by atoms with van der Waals surface area (Å²) in [6, 6.07) is 15.9. The highest BCUT2D eigenvalue weighted by Gasteiger charge is 2.28. The van der Waals surface area contributed by atoms with Gasteiger partial charge in [-0.05, 0) is 36.8 Å².